The smallest absolute Gasteiger partial charge is 0.259 e. The van der Waals surface area contributed by atoms with Crippen molar-refractivity contribution in [2.45, 2.75) is 51.9 Å². The number of halogens is 2. The van der Waals surface area contributed by atoms with Crippen molar-refractivity contribution in [2.24, 2.45) is 5.92 Å². The van der Waals surface area contributed by atoms with Crippen LogP contribution in [0.15, 0.2) is 30.5 Å². The summed E-state index contributed by atoms with van der Waals surface area (Å²) in [6, 6.07) is 7.56. The van der Waals surface area contributed by atoms with Gasteiger partial charge in [-0.15, -0.1) is 0 Å². The summed E-state index contributed by atoms with van der Waals surface area (Å²) in [5, 5.41) is 2.95. The minimum absolute atomic E-state index is 0.141. The van der Waals surface area contributed by atoms with Gasteiger partial charge in [0.1, 0.15) is 5.82 Å². The average molecular weight is 424 g/mol. The number of alkyl halides is 2. The van der Waals surface area contributed by atoms with Crippen LogP contribution in [-0.4, -0.2) is 29.9 Å². The van der Waals surface area contributed by atoms with Gasteiger partial charge in [-0.2, -0.15) is 0 Å². The molecule has 1 aliphatic carbocycles. The highest BCUT2D eigenvalue weighted by molar-refractivity contribution is 6.09. The van der Waals surface area contributed by atoms with Crippen LogP contribution in [0.3, 0.4) is 0 Å². The lowest BCUT2D eigenvalue weighted by molar-refractivity contribution is -0.0102. The molecule has 162 valence electrons. The van der Waals surface area contributed by atoms with E-state index in [0.29, 0.717) is 41.5 Å². The number of carbonyl (C=O) groups excluding carboxylic acids is 1. The zero-order chi connectivity index (χ0) is 22.0. The SMILES string of the molecule is Cc1cccc(NC(=O)c2c(N3CCCC(F)(F)CC3)ncc(C#CC3CC3)c2C)c1. The monoisotopic (exact) mass is 423 g/mol. The molecule has 1 saturated carbocycles. The molecule has 6 heteroatoms. The molecule has 2 heterocycles. The number of amides is 1. The number of hydrogen-bond donors (Lipinski definition) is 1. The van der Waals surface area contributed by atoms with E-state index >= 15 is 0 Å². The Balaban J connectivity index is 1.70. The maximum atomic E-state index is 13.9. The molecular weight excluding hydrogens is 396 g/mol. The third-order valence-electron chi connectivity index (χ3n) is 5.83. The molecule has 0 radical (unpaired) electrons. The van der Waals surface area contributed by atoms with E-state index in [-0.39, 0.29) is 25.3 Å². The standard InChI is InChI=1S/C25H27F2N3O/c1-17-5-3-6-21(15-17)29-24(31)22-18(2)20(10-9-19-7-8-19)16-28-23(22)30-13-4-11-25(26,27)12-14-30/h3,5-6,15-16,19H,4,7-8,11-14H2,1-2H3,(H,29,31). The van der Waals surface area contributed by atoms with Crippen molar-refractivity contribution in [1.29, 1.82) is 0 Å². The molecule has 0 atom stereocenters. The Hall–Kier alpha value is -2.94. The van der Waals surface area contributed by atoms with Crippen molar-refractivity contribution in [3.63, 3.8) is 0 Å². The van der Waals surface area contributed by atoms with Crippen LogP contribution < -0.4 is 10.2 Å². The predicted octanol–water partition coefficient (Wildman–Crippen LogP) is 5.34. The topological polar surface area (TPSA) is 45.2 Å². The van der Waals surface area contributed by atoms with Crippen LogP contribution in [0.1, 0.15) is 59.2 Å². The molecule has 0 spiro atoms. The second-order valence-electron chi connectivity index (χ2n) is 8.56. The zero-order valence-electron chi connectivity index (χ0n) is 18.0. The summed E-state index contributed by atoms with van der Waals surface area (Å²) in [6.07, 6.45) is 3.87. The summed E-state index contributed by atoms with van der Waals surface area (Å²) in [7, 11) is 0. The molecule has 31 heavy (non-hydrogen) atoms. The Morgan fingerprint density at radius 1 is 1.23 bits per heavy atom. The van der Waals surface area contributed by atoms with Crippen molar-refractivity contribution in [3.8, 4) is 11.8 Å². The lowest BCUT2D eigenvalue weighted by atomic mass is 10.0. The Kier molecular flexibility index (Phi) is 5.95. The number of rotatable bonds is 3. The molecule has 2 aliphatic rings. The Bertz CT molecular complexity index is 1050. The highest BCUT2D eigenvalue weighted by Crippen LogP contribution is 2.32. The van der Waals surface area contributed by atoms with Gasteiger partial charge in [-0.3, -0.25) is 4.79 Å². The molecule has 2 fully saturated rings. The molecule has 0 bridgehead atoms. The quantitative estimate of drug-likeness (QED) is 0.678. The van der Waals surface area contributed by atoms with Gasteiger partial charge in [-0.1, -0.05) is 24.0 Å². The van der Waals surface area contributed by atoms with E-state index < -0.39 is 5.92 Å². The third kappa shape index (κ3) is 5.22. The number of pyridine rings is 1. The van der Waals surface area contributed by atoms with E-state index in [1.807, 2.05) is 43.0 Å². The molecule has 4 rings (SSSR count). The summed E-state index contributed by atoms with van der Waals surface area (Å²) in [4.78, 5) is 19.7. The van der Waals surface area contributed by atoms with E-state index in [4.69, 9.17) is 0 Å². The van der Waals surface area contributed by atoms with Crippen molar-refractivity contribution < 1.29 is 13.6 Å². The van der Waals surface area contributed by atoms with E-state index in [2.05, 4.69) is 22.1 Å². The highest BCUT2D eigenvalue weighted by Gasteiger charge is 2.33. The number of anilines is 2. The normalized spacial score (nSPS) is 18.0. The van der Waals surface area contributed by atoms with Crippen LogP contribution >= 0.6 is 0 Å². The third-order valence-corrected chi connectivity index (χ3v) is 5.83. The maximum Gasteiger partial charge on any atom is 0.259 e. The number of aromatic nitrogens is 1. The van der Waals surface area contributed by atoms with Crippen LogP contribution in [0.2, 0.25) is 0 Å². The average Bonchev–Trinajstić information content (AvgIpc) is 3.54. The summed E-state index contributed by atoms with van der Waals surface area (Å²) in [5.74, 6) is 4.30. The van der Waals surface area contributed by atoms with Crippen LogP contribution in [0.4, 0.5) is 20.3 Å². The first-order valence-corrected chi connectivity index (χ1v) is 10.8. The van der Waals surface area contributed by atoms with Gasteiger partial charge in [0.05, 0.1) is 5.56 Å². The molecule has 0 unspecified atom stereocenters. The van der Waals surface area contributed by atoms with Crippen LogP contribution in [-0.2, 0) is 0 Å². The molecule has 1 N–H and O–H groups in total. The first-order valence-electron chi connectivity index (χ1n) is 10.8. The van der Waals surface area contributed by atoms with Gasteiger partial charge in [0.15, 0.2) is 0 Å². The van der Waals surface area contributed by atoms with Crippen LogP contribution in [0, 0.1) is 31.6 Å². The van der Waals surface area contributed by atoms with Gasteiger partial charge in [0.25, 0.3) is 5.91 Å². The second kappa shape index (κ2) is 8.66. The fourth-order valence-electron chi connectivity index (χ4n) is 3.83. The van der Waals surface area contributed by atoms with Crippen molar-refractivity contribution in [2.75, 3.05) is 23.3 Å². The first kappa shape index (κ1) is 21.3. The first-order chi connectivity index (χ1) is 14.8. The van der Waals surface area contributed by atoms with Gasteiger partial charge in [0, 0.05) is 49.3 Å². The van der Waals surface area contributed by atoms with Crippen LogP contribution in [0.25, 0.3) is 0 Å². The summed E-state index contributed by atoms with van der Waals surface area (Å²) < 4.78 is 27.8. The van der Waals surface area contributed by atoms with Crippen LogP contribution in [0.5, 0.6) is 0 Å². The summed E-state index contributed by atoms with van der Waals surface area (Å²) in [6.45, 7) is 4.43. The molecule has 1 aromatic heterocycles. The molecule has 1 amide bonds. The summed E-state index contributed by atoms with van der Waals surface area (Å²) >= 11 is 0. The number of nitrogens with one attached hydrogen (secondary N) is 1. The summed E-state index contributed by atoms with van der Waals surface area (Å²) in [5.41, 5.74) is 3.58. The maximum absolute atomic E-state index is 13.9. The number of aryl methyl sites for hydroxylation is 1. The number of nitrogens with zero attached hydrogens (tertiary/aromatic N) is 2. The number of benzene rings is 1. The lowest BCUT2D eigenvalue weighted by Gasteiger charge is -2.25. The molecule has 4 nitrogen and oxygen atoms in total. The molecular formula is C25H27F2N3O. The van der Waals surface area contributed by atoms with Gasteiger partial charge in [-0.05, 0) is 56.4 Å². The van der Waals surface area contributed by atoms with Gasteiger partial charge in [0.2, 0.25) is 5.92 Å². The van der Waals surface area contributed by atoms with Gasteiger partial charge < -0.3 is 10.2 Å². The zero-order valence-corrected chi connectivity index (χ0v) is 18.0. The fraction of sp³-hybridized carbons (Fsp3) is 0.440. The predicted molar refractivity (Wildman–Crippen MR) is 119 cm³/mol. The fourth-order valence-corrected chi connectivity index (χ4v) is 3.83. The van der Waals surface area contributed by atoms with E-state index in [0.717, 1.165) is 24.0 Å². The molecule has 1 aromatic carbocycles. The molecule has 2 aromatic rings. The van der Waals surface area contributed by atoms with Crippen molar-refractivity contribution >= 4 is 17.4 Å². The van der Waals surface area contributed by atoms with E-state index in [1.165, 1.54) is 0 Å². The largest absolute Gasteiger partial charge is 0.356 e. The van der Waals surface area contributed by atoms with Gasteiger partial charge >= 0.3 is 0 Å². The van der Waals surface area contributed by atoms with Gasteiger partial charge in [-0.25, -0.2) is 13.8 Å². The van der Waals surface area contributed by atoms with E-state index in [9.17, 15) is 13.6 Å². The Morgan fingerprint density at radius 2 is 2.03 bits per heavy atom. The Labute approximate surface area is 182 Å². The second-order valence-corrected chi connectivity index (χ2v) is 8.56. The molecule has 1 saturated heterocycles. The number of hydrogen-bond acceptors (Lipinski definition) is 3. The van der Waals surface area contributed by atoms with Crippen molar-refractivity contribution in [3.05, 3.63) is 52.7 Å². The minimum Gasteiger partial charge on any atom is -0.356 e. The lowest BCUT2D eigenvalue weighted by Crippen LogP contribution is -2.30. The minimum atomic E-state index is -2.68. The Morgan fingerprint density at radius 3 is 2.77 bits per heavy atom. The highest BCUT2D eigenvalue weighted by atomic mass is 19.3. The number of carbonyl (C=O) groups is 1. The molecule has 1 aliphatic heterocycles. The van der Waals surface area contributed by atoms with E-state index in [1.54, 1.807) is 6.20 Å². The van der Waals surface area contributed by atoms with Crippen molar-refractivity contribution in [1.82, 2.24) is 4.98 Å².